The normalized spacial score (nSPS) is 10.2. The fraction of sp³-hybridized carbons (Fsp3) is 0.111. The van der Waals surface area contributed by atoms with Gasteiger partial charge in [-0.05, 0) is 41.5 Å². The highest BCUT2D eigenvalue weighted by atomic mass is 79.9. The van der Waals surface area contributed by atoms with Gasteiger partial charge in [0.25, 0.3) is 0 Å². The van der Waals surface area contributed by atoms with Crippen LogP contribution in [-0.2, 0) is 5.33 Å². The molecule has 0 aliphatic heterocycles. The Bertz CT molecular complexity index is 891. The van der Waals surface area contributed by atoms with Gasteiger partial charge in [0.2, 0.25) is 0 Å². The fourth-order valence-electron chi connectivity index (χ4n) is 3.12. The maximum absolute atomic E-state index is 5.10. The van der Waals surface area contributed by atoms with Gasteiger partial charge in [-0.25, -0.2) is 0 Å². The SMILES string of the molecule is COc1cc(CBr)cc(OC)c1.c1ccc(P(c2ccccc2)c2ccccc2)cc1. The lowest BCUT2D eigenvalue weighted by molar-refractivity contribution is 0.393. The largest absolute Gasteiger partial charge is 0.497 e. The van der Waals surface area contributed by atoms with Gasteiger partial charge < -0.3 is 9.47 Å². The molecule has 0 amide bonds. The van der Waals surface area contributed by atoms with Gasteiger partial charge in [0.1, 0.15) is 11.5 Å². The molecule has 0 N–H and O–H groups in total. The lowest BCUT2D eigenvalue weighted by atomic mass is 10.2. The van der Waals surface area contributed by atoms with Crippen LogP contribution in [0.25, 0.3) is 0 Å². The van der Waals surface area contributed by atoms with Crippen LogP contribution in [0.5, 0.6) is 11.5 Å². The average Bonchev–Trinajstić information content (AvgIpc) is 2.86. The molecule has 0 saturated heterocycles. The number of rotatable bonds is 6. The zero-order chi connectivity index (χ0) is 21.9. The smallest absolute Gasteiger partial charge is 0.122 e. The van der Waals surface area contributed by atoms with E-state index >= 15 is 0 Å². The summed E-state index contributed by atoms with van der Waals surface area (Å²) in [6, 6.07) is 38.1. The number of halogens is 1. The first-order valence-electron chi connectivity index (χ1n) is 9.98. The molecule has 0 atom stereocenters. The number of methoxy groups -OCH3 is 2. The van der Waals surface area contributed by atoms with E-state index in [-0.39, 0.29) is 0 Å². The number of hydrogen-bond acceptors (Lipinski definition) is 2. The van der Waals surface area contributed by atoms with Crippen molar-refractivity contribution in [2.45, 2.75) is 5.33 Å². The Kier molecular flexibility index (Phi) is 9.15. The van der Waals surface area contributed by atoms with Crippen LogP contribution in [0, 0.1) is 0 Å². The molecule has 4 rings (SSSR count). The summed E-state index contributed by atoms with van der Waals surface area (Å²) in [5.74, 6) is 1.65. The highest BCUT2D eigenvalue weighted by Crippen LogP contribution is 2.32. The highest BCUT2D eigenvalue weighted by Gasteiger charge is 2.14. The van der Waals surface area contributed by atoms with E-state index in [4.69, 9.17) is 9.47 Å². The number of hydrogen-bond donors (Lipinski definition) is 0. The summed E-state index contributed by atoms with van der Waals surface area (Å²) in [4.78, 5) is 0. The monoisotopic (exact) mass is 492 g/mol. The first kappa shape index (κ1) is 23.1. The van der Waals surface area contributed by atoms with Gasteiger partial charge in [-0.3, -0.25) is 0 Å². The van der Waals surface area contributed by atoms with Crippen LogP contribution in [0.4, 0.5) is 0 Å². The van der Waals surface area contributed by atoms with Crippen LogP contribution in [0.3, 0.4) is 0 Å². The van der Waals surface area contributed by atoms with Crippen molar-refractivity contribution in [1.82, 2.24) is 0 Å². The molecule has 0 aromatic heterocycles. The Balaban J connectivity index is 0.000000196. The second-order valence-corrected chi connectivity index (χ2v) is 9.48. The minimum absolute atomic E-state index is 0.446. The van der Waals surface area contributed by atoms with Crippen LogP contribution in [0.2, 0.25) is 0 Å². The lowest BCUT2D eigenvalue weighted by Crippen LogP contribution is -2.20. The molecule has 0 heterocycles. The molecule has 4 aromatic carbocycles. The minimum Gasteiger partial charge on any atom is -0.497 e. The van der Waals surface area contributed by atoms with Gasteiger partial charge in [-0.2, -0.15) is 0 Å². The molecular weight excluding hydrogens is 467 g/mol. The number of alkyl halides is 1. The molecule has 2 nitrogen and oxygen atoms in total. The third kappa shape index (κ3) is 6.69. The Morgan fingerprint density at radius 3 is 1.23 bits per heavy atom. The predicted octanol–water partition coefficient (Wildman–Crippen LogP) is 6.04. The summed E-state index contributed by atoms with van der Waals surface area (Å²) < 4.78 is 10.2. The quantitative estimate of drug-likeness (QED) is 0.241. The predicted molar refractivity (Wildman–Crippen MR) is 137 cm³/mol. The highest BCUT2D eigenvalue weighted by molar-refractivity contribution is 9.08. The Morgan fingerprint density at radius 1 is 0.581 bits per heavy atom. The molecular formula is C27H26BrO2P. The molecule has 0 unspecified atom stereocenters. The third-order valence-corrected chi connectivity index (χ3v) is 7.70. The Labute approximate surface area is 194 Å². The van der Waals surface area contributed by atoms with Gasteiger partial charge >= 0.3 is 0 Å². The zero-order valence-electron chi connectivity index (χ0n) is 17.7. The Morgan fingerprint density at radius 2 is 0.935 bits per heavy atom. The van der Waals surface area contributed by atoms with E-state index in [0.29, 0.717) is 0 Å². The molecule has 0 aliphatic carbocycles. The summed E-state index contributed by atoms with van der Waals surface area (Å²) >= 11 is 3.37. The lowest BCUT2D eigenvalue weighted by Gasteiger charge is -2.18. The van der Waals surface area contributed by atoms with Gasteiger partial charge in [0.15, 0.2) is 0 Å². The molecule has 4 aromatic rings. The topological polar surface area (TPSA) is 18.5 Å². The summed E-state index contributed by atoms with van der Waals surface area (Å²) in [6.45, 7) is 0. The van der Waals surface area contributed by atoms with Crippen molar-refractivity contribution in [1.29, 1.82) is 0 Å². The molecule has 0 fully saturated rings. The first-order chi connectivity index (χ1) is 15.2. The van der Waals surface area contributed by atoms with Crippen LogP contribution < -0.4 is 25.4 Å². The zero-order valence-corrected chi connectivity index (χ0v) is 20.2. The van der Waals surface area contributed by atoms with Crippen LogP contribution >= 0.6 is 23.9 Å². The van der Waals surface area contributed by atoms with Gasteiger partial charge in [0, 0.05) is 11.4 Å². The van der Waals surface area contributed by atoms with Crippen molar-refractivity contribution in [3.05, 3.63) is 115 Å². The Hall–Kier alpha value is -2.61. The standard InChI is InChI=1S/C18H15P.C9H11BrO2/c1-4-10-16(11-5-1)19(17-12-6-2-7-13-17)18-14-8-3-9-15-18;1-11-8-3-7(6-10)4-9(5-8)12-2/h1-15H;3-5H,6H2,1-2H3. The maximum Gasteiger partial charge on any atom is 0.122 e. The number of ether oxygens (including phenoxy) is 2. The fourth-order valence-corrected chi connectivity index (χ4v) is 5.75. The van der Waals surface area contributed by atoms with Crippen molar-refractivity contribution in [3.63, 3.8) is 0 Å². The van der Waals surface area contributed by atoms with E-state index in [9.17, 15) is 0 Å². The molecule has 0 aliphatic rings. The molecule has 31 heavy (non-hydrogen) atoms. The van der Waals surface area contributed by atoms with Gasteiger partial charge in [-0.15, -0.1) is 0 Å². The van der Waals surface area contributed by atoms with Crippen LogP contribution in [-0.4, -0.2) is 14.2 Å². The van der Waals surface area contributed by atoms with Crippen LogP contribution in [0.1, 0.15) is 5.56 Å². The summed E-state index contributed by atoms with van der Waals surface area (Å²) in [5, 5.41) is 5.00. The molecule has 0 bridgehead atoms. The maximum atomic E-state index is 5.10. The van der Waals surface area contributed by atoms with Crippen LogP contribution in [0.15, 0.2) is 109 Å². The minimum atomic E-state index is -0.446. The second-order valence-electron chi connectivity index (χ2n) is 6.70. The van der Waals surface area contributed by atoms with Crippen molar-refractivity contribution >= 4 is 39.8 Å². The first-order valence-corrected chi connectivity index (χ1v) is 12.4. The van der Waals surface area contributed by atoms with Crippen molar-refractivity contribution in [2.24, 2.45) is 0 Å². The average molecular weight is 493 g/mol. The molecule has 0 saturated carbocycles. The van der Waals surface area contributed by atoms with E-state index in [1.165, 1.54) is 15.9 Å². The van der Waals surface area contributed by atoms with E-state index in [1.54, 1.807) is 14.2 Å². The van der Waals surface area contributed by atoms with E-state index in [2.05, 4.69) is 107 Å². The van der Waals surface area contributed by atoms with Gasteiger partial charge in [-0.1, -0.05) is 107 Å². The van der Waals surface area contributed by atoms with Gasteiger partial charge in [0.05, 0.1) is 14.2 Å². The van der Waals surface area contributed by atoms with Crippen molar-refractivity contribution < 1.29 is 9.47 Å². The van der Waals surface area contributed by atoms with E-state index < -0.39 is 7.92 Å². The molecule has 0 spiro atoms. The van der Waals surface area contributed by atoms with Crippen molar-refractivity contribution in [3.8, 4) is 11.5 Å². The van der Waals surface area contributed by atoms with E-state index in [1.807, 2.05) is 18.2 Å². The summed E-state index contributed by atoms with van der Waals surface area (Å²) in [6.07, 6.45) is 0. The summed E-state index contributed by atoms with van der Waals surface area (Å²) in [7, 11) is 2.85. The molecule has 4 heteroatoms. The van der Waals surface area contributed by atoms with Crippen molar-refractivity contribution in [2.75, 3.05) is 14.2 Å². The summed E-state index contributed by atoms with van der Waals surface area (Å²) in [5.41, 5.74) is 1.14. The third-order valence-electron chi connectivity index (χ3n) is 4.61. The second kappa shape index (κ2) is 12.3. The van der Waals surface area contributed by atoms with E-state index in [0.717, 1.165) is 22.4 Å². The number of benzene rings is 4. The molecule has 0 radical (unpaired) electrons. The molecule has 158 valence electrons.